The van der Waals surface area contributed by atoms with Gasteiger partial charge in [-0.2, -0.15) is 13.2 Å². The number of likely N-dealkylation sites (N-methyl/N-ethyl adjacent to an activating group) is 2. The van der Waals surface area contributed by atoms with Gasteiger partial charge in [-0.25, -0.2) is 9.37 Å². The van der Waals surface area contributed by atoms with E-state index in [-0.39, 0.29) is 12.4 Å². The number of carbonyl (C=O) groups excluding carboxylic acids is 3. The van der Waals surface area contributed by atoms with Crippen molar-refractivity contribution in [1.82, 2.24) is 14.7 Å². The Morgan fingerprint density at radius 3 is 2.68 bits per heavy atom. The summed E-state index contributed by atoms with van der Waals surface area (Å²) in [4.78, 5) is 43.2. The standard InChI is InChI=1S/C14H17F3N5O3/c1-4-5-21(7-14(15,16)17)9(23)6-22-12(24)10-11(18-8-19(10)2)20(3)13(22)25/h4,8,10H,1,5-7H2,2-3H3/q+1. The lowest BCUT2D eigenvalue weighted by atomic mass is 10.1. The van der Waals surface area contributed by atoms with Crippen LogP contribution in [0.15, 0.2) is 17.6 Å². The van der Waals surface area contributed by atoms with Crippen molar-refractivity contribution in [2.75, 3.05) is 33.7 Å². The van der Waals surface area contributed by atoms with Gasteiger partial charge < -0.3 is 4.90 Å². The van der Waals surface area contributed by atoms with Gasteiger partial charge >= 0.3 is 12.2 Å². The summed E-state index contributed by atoms with van der Waals surface area (Å²) < 4.78 is 39.3. The molecule has 1 atom stereocenters. The summed E-state index contributed by atoms with van der Waals surface area (Å²) in [6, 6.07) is -1.70. The minimum atomic E-state index is -4.61. The number of amidine groups is 1. The van der Waals surface area contributed by atoms with Crippen LogP contribution in [0.5, 0.6) is 0 Å². The van der Waals surface area contributed by atoms with Crippen molar-refractivity contribution in [2.45, 2.75) is 12.2 Å². The number of rotatable bonds is 5. The molecule has 136 valence electrons. The molecular formula is C14H17F3N5O3+. The van der Waals surface area contributed by atoms with Crippen LogP contribution in [0.25, 0.3) is 0 Å². The Morgan fingerprint density at radius 1 is 1.48 bits per heavy atom. The van der Waals surface area contributed by atoms with Gasteiger partial charge in [-0.3, -0.25) is 19.4 Å². The van der Waals surface area contributed by atoms with Gasteiger partial charge in [0.2, 0.25) is 5.91 Å². The predicted octanol–water partition coefficient (Wildman–Crippen LogP) is -0.0914. The van der Waals surface area contributed by atoms with Crippen LogP contribution in [-0.4, -0.2) is 95.2 Å². The molecule has 1 fully saturated rings. The largest absolute Gasteiger partial charge is 0.406 e. The number of aliphatic imine (C=N–C) groups is 1. The molecule has 1 saturated heterocycles. The molecule has 2 rings (SSSR count). The first-order valence-electron chi connectivity index (χ1n) is 7.24. The smallest absolute Gasteiger partial charge is 0.328 e. The van der Waals surface area contributed by atoms with Crippen LogP contribution in [0.2, 0.25) is 0 Å². The minimum absolute atomic E-state index is 0.208. The lowest BCUT2D eigenvalue weighted by Crippen LogP contribution is -2.64. The van der Waals surface area contributed by atoms with Crippen molar-refractivity contribution < 1.29 is 32.1 Å². The molecule has 4 amide bonds. The Bertz CT molecular complexity index is 686. The number of hydrogen-bond donors (Lipinski definition) is 0. The fraction of sp³-hybridized carbons (Fsp3) is 0.500. The molecular weight excluding hydrogens is 343 g/mol. The van der Waals surface area contributed by atoms with E-state index in [2.05, 4.69) is 11.6 Å². The Balaban J connectivity index is 2.19. The zero-order valence-corrected chi connectivity index (χ0v) is 13.7. The molecule has 25 heavy (non-hydrogen) atoms. The Morgan fingerprint density at radius 2 is 2.12 bits per heavy atom. The predicted molar refractivity (Wildman–Crippen MR) is 81.2 cm³/mol. The van der Waals surface area contributed by atoms with E-state index in [0.717, 1.165) is 11.0 Å². The fourth-order valence-corrected chi connectivity index (χ4v) is 2.55. The zero-order chi connectivity index (χ0) is 18.9. The number of imide groups is 1. The number of nitrogens with zero attached hydrogens (tertiary/aromatic N) is 5. The topological polar surface area (TPSA) is 76.3 Å². The zero-order valence-electron chi connectivity index (χ0n) is 13.7. The van der Waals surface area contributed by atoms with Crippen LogP contribution >= 0.6 is 0 Å². The van der Waals surface area contributed by atoms with Crippen LogP contribution < -0.4 is 0 Å². The van der Waals surface area contributed by atoms with Gasteiger partial charge in [0.15, 0.2) is 0 Å². The van der Waals surface area contributed by atoms with Crippen LogP contribution in [0, 0.1) is 0 Å². The number of fused-ring (bicyclic) bond motifs is 1. The Labute approximate surface area is 141 Å². The van der Waals surface area contributed by atoms with Crippen molar-refractivity contribution in [1.29, 1.82) is 0 Å². The Kier molecular flexibility index (Phi) is 4.95. The highest BCUT2D eigenvalue weighted by Gasteiger charge is 2.51. The van der Waals surface area contributed by atoms with Gasteiger partial charge in [0, 0.05) is 13.6 Å². The molecule has 2 heterocycles. The van der Waals surface area contributed by atoms with E-state index in [4.69, 9.17) is 0 Å². The molecule has 0 radical (unpaired) electrons. The molecule has 2 aliphatic rings. The second-order valence-electron chi connectivity index (χ2n) is 5.61. The van der Waals surface area contributed by atoms with Gasteiger partial charge in [0.1, 0.15) is 13.1 Å². The van der Waals surface area contributed by atoms with E-state index >= 15 is 0 Å². The lowest BCUT2D eigenvalue weighted by molar-refractivity contribution is -0.500. The van der Waals surface area contributed by atoms with Crippen molar-refractivity contribution in [3.63, 3.8) is 0 Å². The van der Waals surface area contributed by atoms with Gasteiger partial charge in [0.25, 0.3) is 24.1 Å². The van der Waals surface area contributed by atoms with Crippen molar-refractivity contribution >= 4 is 30.0 Å². The SMILES string of the molecule is C=CCN(CC(F)(F)F)C(=O)CN1C(=O)C2C(=NC=[N+]2C)N(C)C1=O. The molecule has 0 spiro atoms. The molecule has 1 unspecified atom stereocenters. The van der Waals surface area contributed by atoms with Crippen molar-refractivity contribution in [2.24, 2.45) is 4.99 Å². The van der Waals surface area contributed by atoms with Crippen LogP contribution in [-0.2, 0) is 9.59 Å². The van der Waals surface area contributed by atoms with E-state index in [1.165, 1.54) is 18.0 Å². The fourth-order valence-electron chi connectivity index (χ4n) is 2.55. The summed E-state index contributed by atoms with van der Waals surface area (Å²) in [5.41, 5.74) is 0. The lowest BCUT2D eigenvalue weighted by Gasteiger charge is -2.33. The summed E-state index contributed by atoms with van der Waals surface area (Å²) in [6.07, 6.45) is -2.10. The number of urea groups is 1. The molecule has 2 aliphatic heterocycles. The molecule has 0 aliphatic carbocycles. The first-order valence-corrected chi connectivity index (χ1v) is 7.24. The monoisotopic (exact) mass is 360 g/mol. The minimum Gasteiger partial charge on any atom is -0.328 e. The van der Waals surface area contributed by atoms with Crippen molar-refractivity contribution in [3.8, 4) is 0 Å². The van der Waals surface area contributed by atoms with E-state index in [1.807, 2.05) is 0 Å². The number of hydrogen-bond acceptors (Lipinski definition) is 4. The molecule has 0 aromatic heterocycles. The van der Waals surface area contributed by atoms with Crippen LogP contribution in [0.1, 0.15) is 0 Å². The third-order valence-electron chi connectivity index (χ3n) is 3.75. The van der Waals surface area contributed by atoms with Gasteiger partial charge in [-0.05, 0) is 4.99 Å². The second-order valence-corrected chi connectivity index (χ2v) is 5.61. The Hall–Kier alpha value is -2.72. The van der Waals surface area contributed by atoms with E-state index in [1.54, 1.807) is 7.05 Å². The number of halogens is 3. The first kappa shape index (κ1) is 18.6. The third-order valence-corrected chi connectivity index (χ3v) is 3.75. The average molecular weight is 360 g/mol. The maximum atomic E-state index is 12.6. The molecule has 0 aromatic rings. The normalized spacial score (nSPS) is 20.3. The number of alkyl halides is 3. The van der Waals surface area contributed by atoms with Crippen LogP contribution in [0.4, 0.5) is 18.0 Å². The quantitative estimate of drug-likeness (QED) is 0.508. The highest BCUT2D eigenvalue weighted by Crippen LogP contribution is 2.19. The highest BCUT2D eigenvalue weighted by atomic mass is 19.4. The highest BCUT2D eigenvalue weighted by molar-refractivity contribution is 6.22. The van der Waals surface area contributed by atoms with E-state index < -0.39 is 43.2 Å². The van der Waals surface area contributed by atoms with Gasteiger partial charge in [-0.15, -0.1) is 6.58 Å². The second kappa shape index (κ2) is 6.65. The molecule has 11 heteroatoms. The van der Waals surface area contributed by atoms with Gasteiger partial charge in [0.05, 0.1) is 7.05 Å². The molecule has 0 saturated carbocycles. The maximum Gasteiger partial charge on any atom is 0.406 e. The van der Waals surface area contributed by atoms with Crippen molar-refractivity contribution in [3.05, 3.63) is 12.7 Å². The van der Waals surface area contributed by atoms with E-state index in [9.17, 15) is 27.6 Å². The summed E-state index contributed by atoms with van der Waals surface area (Å²) in [6.45, 7) is 0.678. The average Bonchev–Trinajstić information content (AvgIpc) is 2.89. The van der Waals surface area contributed by atoms with Crippen LogP contribution in [0.3, 0.4) is 0 Å². The van der Waals surface area contributed by atoms with E-state index in [0.29, 0.717) is 9.80 Å². The summed E-state index contributed by atoms with van der Waals surface area (Å²) in [5.74, 6) is -1.51. The summed E-state index contributed by atoms with van der Waals surface area (Å²) in [5, 5.41) is 0. The number of amides is 4. The molecule has 0 bridgehead atoms. The molecule has 0 N–H and O–H groups in total. The number of carbonyl (C=O) groups is 3. The first-order chi connectivity index (χ1) is 11.6. The summed E-state index contributed by atoms with van der Waals surface area (Å²) >= 11 is 0. The van der Waals surface area contributed by atoms with Gasteiger partial charge in [-0.1, -0.05) is 6.08 Å². The summed E-state index contributed by atoms with van der Waals surface area (Å²) in [7, 11) is 2.94. The maximum absolute atomic E-state index is 12.6. The molecule has 8 nitrogen and oxygen atoms in total. The third kappa shape index (κ3) is 3.69. The molecule has 0 aromatic carbocycles.